The third-order valence-corrected chi connectivity index (χ3v) is 4.48. The molecule has 0 N–H and O–H groups in total. The zero-order valence-electron chi connectivity index (χ0n) is 10.4. The predicted octanol–water partition coefficient (Wildman–Crippen LogP) is 4.61. The number of thioether (sulfide) groups is 1. The molecule has 0 nitrogen and oxygen atoms in total. The summed E-state index contributed by atoms with van der Waals surface area (Å²) in [6.45, 7) is 11.7. The second-order valence-electron chi connectivity index (χ2n) is 5.62. The Morgan fingerprint density at radius 2 is 1.50 bits per heavy atom. The Kier molecular flexibility index (Phi) is 7.07. The molecule has 0 saturated carbocycles. The van der Waals surface area contributed by atoms with E-state index in [1.807, 2.05) is 0 Å². The molecule has 0 aliphatic rings. The Hall–Kier alpha value is 1.04. The van der Waals surface area contributed by atoms with Gasteiger partial charge in [0.1, 0.15) is 0 Å². The molecule has 0 unspecified atom stereocenters. The van der Waals surface area contributed by atoms with E-state index in [0.29, 0.717) is 8.55 Å². The van der Waals surface area contributed by atoms with Gasteiger partial charge in [-0.05, 0) is 0 Å². The second kappa shape index (κ2) is 6.58. The molecule has 0 bridgehead atoms. The fourth-order valence-electron chi connectivity index (χ4n) is 1.25. The van der Waals surface area contributed by atoms with E-state index in [4.69, 9.17) is 0 Å². The first kappa shape index (κ1) is 15.0. The fraction of sp³-hybridized carbons (Fsp3) is 1.00. The zero-order chi connectivity index (χ0) is 11.2. The van der Waals surface area contributed by atoms with Crippen LogP contribution in [0.15, 0.2) is 0 Å². The van der Waals surface area contributed by atoms with Crippen molar-refractivity contribution in [1.29, 1.82) is 0 Å². The third-order valence-electron chi connectivity index (χ3n) is 2.02. The van der Waals surface area contributed by atoms with Crippen molar-refractivity contribution in [3.05, 3.63) is 0 Å². The van der Waals surface area contributed by atoms with Crippen molar-refractivity contribution in [3.63, 3.8) is 0 Å². The molecule has 0 heterocycles. The second-order valence-corrected chi connectivity index (χ2v) is 12.0. The van der Waals surface area contributed by atoms with Crippen LogP contribution >= 0.6 is 11.8 Å². The average Bonchev–Trinajstić information content (AvgIpc) is 1.92. The molecule has 0 amide bonds. The maximum atomic E-state index is 2.34. The maximum absolute atomic E-state index is 2.34. The van der Waals surface area contributed by atoms with Crippen LogP contribution in [0.2, 0.25) is 0 Å². The Morgan fingerprint density at radius 3 is 1.93 bits per heavy atom. The predicted molar refractivity (Wildman–Crippen MR) is 64.5 cm³/mol. The first-order valence-corrected chi connectivity index (χ1v) is 8.00. The van der Waals surface area contributed by atoms with Gasteiger partial charge in [0.05, 0.1) is 0 Å². The molecule has 0 radical (unpaired) electrons. The molecular formula is C12H25SW. The van der Waals surface area contributed by atoms with Gasteiger partial charge in [-0.3, -0.25) is 0 Å². The molecule has 2 heteroatoms. The van der Waals surface area contributed by atoms with Crippen LogP contribution in [-0.2, 0) is 19.8 Å². The van der Waals surface area contributed by atoms with Crippen LogP contribution in [0.5, 0.6) is 0 Å². The molecule has 0 aromatic carbocycles. The third kappa shape index (κ3) is 13.0. The summed E-state index contributed by atoms with van der Waals surface area (Å²) in [5, 5.41) is 0. The van der Waals surface area contributed by atoms with Crippen LogP contribution in [0, 0.1) is 5.41 Å². The van der Waals surface area contributed by atoms with Crippen molar-refractivity contribution in [3.8, 4) is 0 Å². The molecule has 0 aromatic rings. The van der Waals surface area contributed by atoms with Crippen LogP contribution in [0.1, 0.15) is 60.3 Å². The van der Waals surface area contributed by atoms with Crippen LogP contribution in [-0.4, -0.2) is 8.89 Å². The van der Waals surface area contributed by atoms with Gasteiger partial charge >= 0.3 is 106 Å². The van der Waals surface area contributed by atoms with E-state index >= 15 is 0 Å². The molecule has 0 aliphatic heterocycles. The SMILES string of the molecule is CC(C)(C)CCCCCS[C](C)(C)[W]. The Balaban J connectivity index is 3.23. The first-order valence-electron chi connectivity index (χ1n) is 5.55. The van der Waals surface area contributed by atoms with Crippen molar-refractivity contribution in [2.75, 3.05) is 5.75 Å². The van der Waals surface area contributed by atoms with Crippen molar-refractivity contribution in [2.45, 2.75) is 63.4 Å². The molecule has 0 rings (SSSR count). The number of unbranched alkanes of at least 4 members (excludes halogenated alkanes) is 2. The minimum absolute atomic E-state index is 0.529. The Morgan fingerprint density at radius 1 is 0.929 bits per heavy atom. The van der Waals surface area contributed by atoms with Gasteiger partial charge in [-0.2, -0.15) is 0 Å². The number of rotatable bonds is 6. The zero-order valence-corrected chi connectivity index (χ0v) is 14.1. The van der Waals surface area contributed by atoms with Crippen molar-refractivity contribution in [1.82, 2.24) is 0 Å². The topological polar surface area (TPSA) is 0 Å². The van der Waals surface area contributed by atoms with Crippen molar-refractivity contribution >= 4 is 11.8 Å². The fourth-order valence-corrected chi connectivity index (χ4v) is 2.99. The summed E-state index contributed by atoms with van der Waals surface area (Å²) >= 11 is 3.83. The summed E-state index contributed by atoms with van der Waals surface area (Å²) in [6.07, 6.45) is 5.59. The van der Waals surface area contributed by atoms with Gasteiger partial charge in [-0.25, -0.2) is 0 Å². The van der Waals surface area contributed by atoms with Gasteiger partial charge in [-0.1, -0.05) is 0 Å². The van der Waals surface area contributed by atoms with E-state index in [-0.39, 0.29) is 0 Å². The minimum atomic E-state index is 0.529. The van der Waals surface area contributed by atoms with E-state index in [1.165, 1.54) is 31.4 Å². The van der Waals surface area contributed by atoms with Gasteiger partial charge in [0.2, 0.25) is 0 Å². The average molecular weight is 385 g/mol. The van der Waals surface area contributed by atoms with Crippen LogP contribution in [0.4, 0.5) is 0 Å². The number of hydrogen-bond acceptors (Lipinski definition) is 1. The van der Waals surface area contributed by atoms with Crippen LogP contribution in [0.25, 0.3) is 0 Å². The summed E-state index contributed by atoms with van der Waals surface area (Å²) in [5.41, 5.74) is 0.529. The Bertz CT molecular complexity index is 123. The molecule has 85 valence electrons. The first-order chi connectivity index (χ1) is 6.21. The van der Waals surface area contributed by atoms with Crippen molar-refractivity contribution in [2.24, 2.45) is 5.41 Å². The van der Waals surface area contributed by atoms with E-state index in [2.05, 4.69) is 46.4 Å². The molecule has 0 aliphatic carbocycles. The molecule has 0 spiro atoms. The van der Waals surface area contributed by atoms with Crippen molar-refractivity contribution < 1.29 is 19.8 Å². The molecule has 0 atom stereocenters. The van der Waals surface area contributed by atoms with Gasteiger partial charge in [0.25, 0.3) is 0 Å². The Labute approximate surface area is 106 Å². The van der Waals surface area contributed by atoms with Gasteiger partial charge in [0.15, 0.2) is 0 Å². The van der Waals surface area contributed by atoms with E-state index in [9.17, 15) is 0 Å². The molecule has 0 saturated heterocycles. The molecule has 0 aromatic heterocycles. The summed E-state index contributed by atoms with van der Waals surface area (Å²) in [5.74, 6) is 1.35. The van der Waals surface area contributed by atoms with Crippen LogP contribution < -0.4 is 0 Å². The molecule has 14 heavy (non-hydrogen) atoms. The quantitative estimate of drug-likeness (QED) is 0.602. The summed E-state index contributed by atoms with van der Waals surface area (Å²) < 4.78 is 0.532. The number of hydrogen-bond donors (Lipinski definition) is 0. The van der Waals surface area contributed by atoms with Crippen LogP contribution in [0.3, 0.4) is 0 Å². The van der Waals surface area contributed by atoms with Gasteiger partial charge in [0, 0.05) is 0 Å². The van der Waals surface area contributed by atoms with Gasteiger partial charge < -0.3 is 0 Å². The monoisotopic (exact) mass is 385 g/mol. The normalized spacial score (nSPS) is 13.2. The van der Waals surface area contributed by atoms with E-state index in [0.717, 1.165) is 0 Å². The molecular weight excluding hydrogens is 360 g/mol. The summed E-state index contributed by atoms with van der Waals surface area (Å²) in [4.78, 5) is 0. The van der Waals surface area contributed by atoms with E-state index < -0.39 is 0 Å². The van der Waals surface area contributed by atoms with Gasteiger partial charge in [-0.15, -0.1) is 0 Å². The van der Waals surface area contributed by atoms with E-state index in [1.54, 1.807) is 19.8 Å². The molecule has 0 fully saturated rings. The summed E-state index contributed by atoms with van der Waals surface area (Å²) in [7, 11) is 0. The summed E-state index contributed by atoms with van der Waals surface area (Å²) in [6, 6.07) is 0. The standard InChI is InChI=1S/C12H25S.W/c1-11(2)13-10-8-6-7-9-12(3,4)5;/h6-10H2,1-5H3;.